The highest BCUT2D eigenvalue weighted by Gasteiger charge is 2.41. The summed E-state index contributed by atoms with van der Waals surface area (Å²) in [5.74, 6) is -0.554. The van der Waals surface area contributed by atoms with Crippen molar-refractivity contribution in [3.63, 3.8) is 0 Å². The van der Waals surface area contributed by atoms with E-state index in [2.05, 4.69) is 10.3 Å². The molecule has 0 atom stereocenters. The van der Waals surface area contributed by atoms with Gasteiger partial charge < -0.3 is 9.73 Å². The van der Waals surface area contributed by atoms with Gasteiger partial charge in [-0.1, -0.05) is 12.1 Å². The average Bonchev–Trinajstić information content (AvgIpc) is 3.26. The SMILES string of the molecule is O=C(NCc1ccc(S(=O)(=O)c2ccc(C(F)(F)F)cc2C(F)(F)F)cc1)c1cc2ccncc2o1. The van der Waals surface area contributed by atoms with E-state index in [4.69, 9.17) is 4.42 Å². The van der Waals surface area contributed by atoms with Crippen molar-refractivity contribution in [3.05, 3.63) is 89.4 Å². The molecule has 4 aromatic rings. The predicted molar refractivity (Wildman–Crippen MR) is 114 cm³/mol. The van der Waals surface area contributed by atoms with E-state index in [0.717, 1.165) is 12.1 Å². The van der Waals surface area contributed by atoms with Gasteiger partial charge in [-0.2, -0.15) is 26.3 Å². The second-order valence-corrected chi connectivity index (χ2v) is 9.48. The number of fused-ring (bicyclic) bond motifs is 1. The first-order valence-corrected chi connectivity index (χ1v) is 11.5. The van der Waals surface area contributed by atoms with Crippen LogP contribution in [0.1, 0.15) is 27.2 Å². The molecule has 0 saturated heterocycles. The number of nitrogens with one attached hydrogen (secondary N) is 1. The third-order valence-corrected chi connectivity index (χ3v) is 6.96. The summed E-state index contributed by atoms with van der Waals surface area (Å²) in [5.41, 5.74) is -2.74. The van der Waals surface area contributed by atoms with Gasteiger partial charge in [0.15, 0.2) is 11.3 Å². The van der Waals surface area contributed by atoms with Crippen LogP contribution in [-0.2, 0) is 28.7 Å². The first-order chi connectivity index (χ1) is 16.8. The number of sulfone groups is 1. The van der Waals surface area contributed by atoms with E-state index in [0.29, 0.717) is 16.5 Å². The van der Waals surface area contributed by atoms with Crippen LogP contribution in [0, 0.1) is 0 Å². The number of hydrogen-bond acceptors (Lipinski definition) is 5. The first kappa shape index (κ1) is 25.2. The molecule has 0 saturated carbocycles. The lowest BCUT2D eigenvalue weighted by Crippen LogP contribution is -2.22. The highest BCUT2D eigenvalue weighted by Crippen LogP contribution is 2.40. The van der Waals surface area contributed by atoms with Gasteiger partial charge in [-0.15, -0.1) is 0 Å². The Labute approximate surface area is 199 Å². The van der Waals surface area contributed by atoms with Crippen LogP contribution in [0.2, 0.25) is 0 Å². The number of hydrogen-bond donors (Lipinski definition) is 1. The van der Waals surface area contributed by atoms with Gasteiger partial charge in [0.2, 0.25) is 9.84 Å². The molecule has 4 rings (SSSR count). The molecule has 0 unspecified atom stereocenters. The molecule has 0 fully saturated rings. The molecule has 0 aliphatic heterocycles. The highest BCUT2D eigenvalue weighted by atomic mass is 32.2. The van der Waals surface area contributed by atoms with E-state index in [-0.39, 0.29) is 30.5 Å². The standard InChI is InChI=1S/C23H14F6N2O4S/c24-22(25,26)15-3-6-20(17(10-15)23(27,28)29)36(33,34)16-4-1-13(2-5-16)11-31-21(32)18-9-14-7-8-30-12-19(14)35-18/h1-10,12H,11H2,(H,31,32). The predicted octanol–water partition coefficient (Wildman–Crippen LogP) is 5.63. The van der Waals surface area contributed by atoms with Gasteiger partial charge in [0.25, 0.3) is 5.91 Å². The van der Waals surface area contributed by atoms with E-state index in [9.17, 15) is 39.6 Å². The lowest BCUT2D eigenvalue weighted by Gasteiger charge is -2.16. The molecule has 36 heavy (non-hydrogen) atoms. The van der Waals surface area contributed by atoms with Crippen molar-refractivity contribution in [1.29, 1.82) is 0 Å². The topological polar surface area (TPSA) is 89.3 Å². The molecule has 0 bridgehead atoms. The molecular formula is C23H14F6N2O4S. The molecule has 0 spiro atoms. The van der Waals surface area contributed by atoms with Gasteiger partial charge in [0.05, 0.1) is 27.1 Å². The number of aromatic nitrogens is 1. The minimum atomic E-state index is -5.35. The summed E-state index contributed by atoms with van der Waals surface area (Å²) in [6.45, 7) is -0.0669. The average molecular weight is 528 g/mol. The van der Waals surface area contributed by atoms with Crippen molar-refractivity contribution < 1.29 is 44.0 Å². The lowest BCUT2D eigenvalue weighted by molar-refractivity contribution is -0.144. The van der Waals surface area contributed by atoms with Gasteiger partial charge in [0.1, 0.15) is 0 Å². The van der Waals surface area contributed by atoms with Gasteiger partial charge in [0, 0.05) is 18.1 Å². The Kier molecular flexibility index (Phi) is 6.29. The number of carbonyl (C=O) groups is 1. The number of rotatable bonds is 5. The monoisotopic (exact) mass is 528 g/mol. The van der Waals surface area contributed by atoms with Crippen LogP contribution < -0.4 is 5.32 Å². The second kappa shape index (κ2) is 8.97. The summed E-state index contributed by atoms with van der Waals surface area (Å²) in [6, 6.07) is 8.01. The molecule has 2 heterocycles. The Hall–Kier alpha value is -3.87. The van der Waals surface area contributed by atoms with Crippen molar-refractivity contribution in [1.82, 2.24) is 10.3 Å². The van der Waals surface area contributed by atoms with Crippen LogP contribution in [0.4, 0.5) is 26.3 Å². The maximum absolute atomic E-state index is 13.4. The quantitative estimate of drug-likeness (QED) is 0.340. The van der Waals surface area contributed by atoms with Gasteiger partial charge in [-0.25, -0.2) is 8.42 Å². The van der Waals surface area contributed by atoms with Crippen LogP contribution in [0.15, 0.2) is 81.2 Å². The number of amides is 1. The fourth-order valence-corrected chi connectivity index (χ4v) is 4.80. The summed E-state index contributed by atoms with van der Waals surface area (Å²) in [7, 11) is -4.82. The fraction of sp³-hybridized carbons (Fsp3) is 0.130. The molecule has 6 nitrogen and oxygen atoms in total. The van der Waals surface area contributed by atoms with Crippen LogP contribution in [-0.4, -0.2) is 19.3 Å². The smallest absolute Gasteiger partial charge is 0.417 e. The van der Waals surface area contributed by atoms with Crippen LogP contribution in [0.3, 0.4) is 0 Å². The zero-order valence-electron chi connectivity index (χ0n) is 17.8. The van der Waals surface area contributed by atoms with E-state index in [1.807, 2.05) is 0 Å². The highest BCUT2D eigenvalue weighted by molar-refractivity contribution is 7.91. The van der Waals surface area contributed by atoms with Crippen LogP contribution >= 0.6 is 0 Å². The Morgan fingerprint density at radius 3 is 2.22 bits per heavy atom. The Bertz CT molecular complexity index is 1510. The van der Waals surface area contributed by atoms with E-state index in [1.54, 1.807) is 6.07 Å². The molecule has 0 aliphatic carbocycles. The van der Waals surface area contributed by atoms with Gasteiger partial charge in [-0.05, 0) is 48.0 Å². The molecule has 2 aromatic heterocycles. The number of benzene rings is 2. The zero-order valence-corrected chi connectivity index (χ0v) is 18.6. The molecule has 0 aliphatic rings. The number of pyridine rings is 1. The van der Waals surface area contributed by atoms with E-state index < -0.39 is 49.0 Å². The van der Waals surface area contributed by atoms with E-state index >= 15 is 0 Å². The van der Waals surface area contributed by atoms with Crippen molar-refractivity contribution in [2.45, 2.75) is 28.7 Å². The first-order valence-electron chi connectivity index (χ1n) is 10.0. The summed E-state index contributed by atoms with van der Waals surface area (Å²) in [5, 5.41) is 3.22. The number of halogens is 6. The number of nitrogens with zero attached hydrogens (tertiary/aromatic N) is 1. The Morgan fingerprint density at radius 1 is 0.917 bits per heavy atom. The second-order valence-electron chi connectivity index (χ2n) is 7.56. The van der Waals surface area contributed by atoms with E-state index in [1.165, 1.54) is 30.6 Å². The fourth-order valence-electron chi connectivity index (χ4n) is 3.34. The molecule has 1 N–H and O–H groups in total. The summed E-state index contributed by atoms with van der Waals surface area (Å²) >= 11 is 0. The maximum atomic E-state index is 13.4. The van der Waals surface area contributed by atoms with Crippen LogP contribution in [0.25, 0.3) is 11.0 Å². The van der Waals surface area contributed by atoms with Crippen LogP contribution in [0.5, 0.6) is 0 Å². The Morgan fingerprint density at radius 2 is 1.61 bits per heavy atom. The van der Waals surface area contributed by atoms with Crippen molar-refractivity contribution >= 4 is 26.7 Å². The summed E-state index contributed by atoms with van der Waals surface area (Å²) in [4.78, 5) is 14.3. The number of furan rings is 1. The Balaban J connectivity index is 1.55. The summed E-state index contributed by atoms with van der Waals surface area (Å²) < 4.78 is 110. The van der Waals surface area contributed by atoms with Crippen molar-refractivity contribution in [2.24, 2.45) is 0 Å². The van der Waals surface area contributed by atoms with Crippen molar-refractivity contribution in [2.75, 3.05) is 0 Å². The number of alkyl halides is 6. The molecule has 13 heteroatoms. The third kappa shape index (κ3) is 5.05. The third-order valence-electron chi connectivity index (χ3n) is 5.14. The summed E-state index contributed by atoms with van der Waals surface area (Å²) in [6.07, 6.45) is -7.47. The lowest BCUT2D eigenvalue weighted by atomic mass is 10.1. The molecule has 2 aromatic carbocycles. The molecule has 188 valence electrons. The van der Waals surface area contributed by atoms with Gasteiger partial charge in [-0.3, -0.25) is 9.78 Å². The van der Waals surface area contributed by atoms with Gasteiger partial charge >= 0.3 is 12.4 Å². The number of carbonyl (C=O) groups excluding carboxylic acids is 1. The minimum absolute atomic E-state index is 0.0131. The minimum Gasteiger partial charge on any atom is -0.449 e. The van der Waals surface area contributed by atoms with Crippen molar-refractivity contribution in [3.8, 4) is 0 Å². The normalized spacial score (nSPS) is 12.6. The molecular weight excluding hydrogens is 514 g/mol. The molecule has 0 radical (unpaired) electrons. The molecule has 1 amide bonds. The zero-order chi connectivity index (χ0) is 26.3. The maximum Gasteiger partial charge on any atom is 0.417 e. The largest absolute Gasteiger partial charge is 0.449 e.